The molecule has 1 aliphatic heterocycles. The fraction of sp³-hybridized carbons (Fsp3) is 1.00. The van der Waals surface area contributed by atoms with Gasteiger partial charge < -0.3 is 5.32 Å². The van der Waals surface area contributed by atoms with Gasteiger partial charge in [-0.1, -0.05) is 33.6 Å². The van der Waals surface area contributed by atoms with Crippen LogP contribution in [-0.4, -0.2) is 36.6 Å². The number of hydrogen-bond acceptors (Lipinski definition) is 2. The van der Waals surface area contributed by atoms with Crippen molar-refractivity contribution in [2.45, 2.75) is 77.8 Å². The van der Waals surface area contributed by atoms with Crippen molar-refractivity contribution in [3.05, 3.63) is 0 Å². The first kappa shape index (κ1) is 14.3. The van der Waals surface area contributed by atoms with E-state index in [0.717, 1.165) is 12.1 Å². The van der Waals surface area contributed by atoms with E-state index in [4.69, 9.17) is 0 Å². The number of nitrogens with zero attached hydrogens (tertiary/aromatic N) is 1. The highest BCUT2D eigenvalue weighted by atomic mass is 15.2. The molecular weight excluding hydrogens is 220 g/mol. The van der Waals surface area contributed by atoms with Crippen LogP contribution in [0.4, 0.5) is 0 Å². The quantitative estimate of drug-likeness (QED) is 0.828. The molecule has 18 heavy (non-hydrogen) atoms. The van der Waals surface area contributed by atoms with E-state index in [0.29, 0.717) is 5.41 Å². The molecule has 106 valence electrons. The van der Waals surface area contributed by atoms with Crippen molar-refractivity contribution in [1.29, 1.82) is 0 Å². The highest BCUT2D eigenvalue weighted by Crippen LogP contribution is 2.37. The van der Waals surface area contributed by atoms with Crippen LogP contribution in [0.5, 0.6) is 0 Å². The average Bonchev–Trinajstić information content (AvgIpc) is 2.54. The Labute approximate surface area is 114 Å². The molecule has 0 aromatic carbocycles. The highest BCUT2D eigenvalue weighted by Gasteiger charge is 2.32. The summed E-state index contributed by atoms with van der Waals surface area (Å²) < 4.78 is 0. The maximum atomic E-state index is 3.73. The lowest BCUT2D eigenvalue weighted by Crippen LogP contribution is -2.45. The zero-order valence-corrected chi connectivity index (χ0v) is 12.7. The SMILES string of the molecule is CCCC1CN(C2CCCC(C)(C)C2)CCCN1. The van der Waals surface area contributed by atoms with E-state index in [1.807, 2.05) is 0 Å². The summed E-state index contributed by atoms with van der Waals surface area (Å²) in [6.45, 7) is 11.0. The second-order valence-corrected chi connectivity index (χ2v) is 7.20. The molecule has 2 unspecified atom stereocenters. The van der Waals surface area contributed by atoms with Crippen molar-refractivity contribution in [1.82, 2.24) is 10.2 Å². The fourth-order valence-electron chi connectivity index (χ4n) is 3.87. The van der Waals surface area contributed by atoms with Gasteiger partial charge in [0.2, 0.25) is 0 Å². The first-order chi connectivity index (χ1) is 8.61. The maximum Gasteiger partial charge on any atom is 0.0195 e. The molecule has 0 spiro atoms. The summed E-state index contributed by atoms with van der Waals surface area (Å²) in [5.41, 5.74) is 0.572. The van der Waals surface area contributed by atoms with Gasteiger partial charge in [-0.15, -0.1) is 0 Å². The number of hydrogen-bond donors (Lipinski definition) is 1. The topological polar surface area (TPSA) is 15.3 Å². The molecule has 2 rings (SSSR count). The van der Waals surface area contributed by atoms with Crippen molar-refractivity contribution in [2.75, 3.05) is 19.6 Å². The van der Waals surface area contributed by atoms with Crippen LogP contribution in [0.1, 0.15) is 65.7 Å². The van der Waals surface area contributed by atoms with Gasteiger partial charge in [0.05, 0.1) is 0 Å². The Balaban J connectivity index is 1.93. The molecule has 2 atom stereocenters. The van der Waals surface area contributed by atoms with Crippen LogP contribution in [0.2, 0.25) is 0 Å². The normalized spacial score (nSPS) is 34.2. The summed E-state index contributed by atoms with van der Waals surface area (Å²) in [4.78, 5) is 2.81. The van der Waals surface area contributed by atoms with Crippen molar-refractivity contribution >= 4 is 0 Å². The molecule has 1 saturated heterocycles. The average molecular weight is 252 g/mol. The predicted octanol–water partition coefficient (Wildman–Crippen LogP) is 3.42. The van der Waals surface area contributed by atoms with Crippen LogP contribution < -0.4 is 5.32 Å². The molecular formula is C16H32N2. The molecule has 1 N–H and O–H groups in total. The van der Waals surface area contributed by atoms with E-state index in [2.05, 4.69) is 31.0 Å². The van der Waals surface area contributed by atoms with E-state index >= 15 is 0 Å². The van der Waals surface area contributed by atoms with Crippen molar-refractivity contribution in [3.8, 4) is 0 Å². The van der Waals surface area contributed by atoms with Crippen molar-refractivity contribution in [3.63, 3.8) is 0 Å². The zero-order chi connectivity index (χ0) is 13.0. The second kappa shape index (κ2) is 6.38. The van der Waals surface area contributed by atoms with Gasteiger partial charge in [-0.05, 0) is 50.6 Å². The zero-order valence-electron chi connectivity index (χ0n) is 12.7. The van der Waals surface area contributed by atoms with Crippen molar-refractivity contribution in [2.24, 2.45) is 5.41 Å². The van der Waals surface area contributed by atoms with E-state index in [1.54, 1.807) is 0 Å². The van der Waals surface area contributed by atoms with E-state index in [9.17, 15) is 0 Å². The summed E-state index contributed by atoms with van der Waals surface area (Å²) >= 11 is 0. The summed E-state index contributed by atoms with van der Waals surface area (Å²) in [5, 5.41) is 3.73. The molecule has 2 heteroatoms. The number of rotatable bonds is 3. The Bertz CT molecular complexity index is 249. The minimum atomic E-state index is 0.572. The molecule has 2 fully saturated rings. The summed E-state index contributed by atoms with van der Waals surface area (Å²) in [7, 11) is 0. The van der Waals surface area contributed by atoms with Gasteiger partial charge in [0.25, 0.3) is 0 Å². The molecule has 0 amide bonds. The van der Waals surface area contributed by atoms with Gasteiger partial charge in [-0.2, -0.15) is 0 Å². The Morgan fingerprint density at radius 2 is 2.11 bits per heavy atom. The van der Waals surface area contributed by atoms with Gasteiger partial charge in [0.1, 0.15) is 0 Å². The van der Waals surface area contributed by atoms with Crippen LogP contribution >= 0.6 is 0 Å². The molecule has 1 aliphatic carbocycles. The standard InChI is InChI=1S/C16H32N2/c1-4-7-14-13-18(11-6-10-17-14)15-8-5-9-16(2,3)12-15/h14-15,17H,4-13H2,1-3H3. The van der Waals surface area contributed by atoms with E-state index in [1.165, 1.54) is 64.6 Å². The first-order valence-corrected chi connectivity index (χ1v) is 8.08. The summed E-state index contributed by atoms with van der Waals surface area (Å²) in [6.07, 6.45) is 9.67. The van der Waals surface area contributed by atoms with E-state index in [-0.39, 0.29) is 0 Å². The van der Waals surface area contributed by atoms with Gasteiger partial charge in [0.15, 0.2) is 0 Å². The van der Waals surface area contributed by atoms with Crippen molar-refractivity contribution < 1.29 is 0 Å². The van der Waals surface area contributed by atoms with Crippen LogP contribution in [0, 0.1) is 5.41 Å². The minimum absolute atomic E-state index is 0.572. The minimum Gasteiger partial charge on any atom is -0.313 e. The molecule has 0 aromatic heterocycles. The van der Waals surface area contributed by atoms with Crippen LogP contribution in [-0.2, 0) is 0 Å². The van der Waals surface area contributed by atoms with E-state index < -0.39 is 0 Å². The maximum absolute atomic E-state index is 3.73. The Morgan fingerprint density at radius 1 is 1.28 bits per heavy atom. The lowest BCUT2D eigenvalue weighted by atomic mass is 9.74. The lowest BCUT2D eigenvalue weighted by Gasteiger charge is -2.41. The van der Waals surface area contributed by atoms with Gasteiger partial charge >= 0.3 is 0 Å². The molecule has 2 nitrogen and oxygen atoms in total. The Hall–Kier alpha value is -0.0800. The predicted molar refractivity (Wildman–Crippen MR) is 78.9 cm³/mol. The smallest absolute Gasteiger partial charge is 0.0195 e. The molecule has 2 aliphatic rings. The molecule has 0 bridgehead atoms. The first-order valence-electron chi connectivity index (χ1n) is 8.08. The van der Waals surface area contributed by atoms with Gasteiger partial charge in [0, 0.05) is 18.6 Å². The molecule has 1 heterocycles. The molecule has 0 aromatic rings. The lowest BCUT2D eigenvalue weighted by molar-refractivity contribution is 0.0921. The monoisotopic (exact) mass is 252 g/mol. The van der Waals surface area contributed by atoms with Crippen LogP contribution in [0.3, 0.4) is 0 Å². The van der Waals surface area contributed by atoms with Crippen LogP contribution in [0.15, 0.2) is 0 Å². The third-order valence-electron chi connectivity index (χ3n) is 4.84. The molecule has 0 radical (unpaired) electrons. The molecule has 1 saturated carbocycles. The second-order valence-electron chi connectivity index (χ2n) is 7.20. The summed E-state index contributed by atoms with van der Waals surface area (Å²) in [6, 6.07) is 1.59. The Kier molecular flexibility index (Phi) is 5.08. The Morgan fingerprint density at radius 3 is 2.83 bits per heavy atom. The fourth-order valence-corrected chi connectivity index (χ4v) is 3.87. The van der Waals surface area contributed by atoms with Gasteiger partial charge in [-0.3, -0.25) is 4.90 Å². The third kappa shape index (κ3) is 3.96. The van der Waals surface area contributed by atoms with Crippen LogP contribution in [0.25, 0.3) is 0 Å². The summed E-state index contributed by atoms with van der Waals surface area (Å²) in [5.74, 6) is 0. The number of nitrogens with one attached hydrogen (secondary N) is 1. The van der Waals surface area contributed by atoms with Gasteiger partial charge in [-0.25, -0.2) is 0 Å². The third-order valence-corrected chi connectivity index (χ3v) is 4.84. The highest BCUT2D eigenvalue weighted by molar-refractivity contribution is 4.88. The largest absolute Gasteiger partial charge is 0.313 e.